The van der Waals surface area contributed by atoms with Crippen LogP contribution in [0.25, 0.3) is 5.95 Å². The SMILES string of the molecule is CC(C)(C)c1cc(NC(=O)C[C@@H]2C=CCC2)n(-c2ncccn2)n1. The van der Waals surface area contributed by atoms with Gasteiger partial charge in [-0.05, 0) is 24.8 Å². The van der Waals surface area contributed by atoms with E-state index in [9.17, 15) is 4.79 Å². The quantitative estimate of drug-likeness (QED) is 0.876. The fourth-order valence-electron chi connectivity index (χ4n) is 2.69. The number of carbonyl (C=O) groups is 1. The maximum Gasteiger partial charge on any atom is 0.252 e. The second kappa shape index (κ2) is 6.55. The van der Waals surface area contributed by atoms with Crippen molar-refractivity contribution in [2.45, 2.75) is 45.4 Å². The van der Waals surface area contributed by atoms with E-state index < -0.39 is 0 Å². The lowest BCUT2D eigenvalue weighted by atomic mass is 9.92. The van der Waals surface area contributed by atoms with Crippen LogP contribution in [0.15, 0.2) is 36.7 Å². The zero-order valence-corrected chi connectivity index (χ0v) is 14.4. The van der Waals surface area contributed by atoms with Crippen molar-refractivity contribution in [2.24, 2.45) is 5.92 Å². The molecule has 2 heterocycles. The summed E-state index contributed by atoms with van der Waals surface area (Å²) >= 11 is 0. The molecule has 1 aliphatic carbocycles. The van der Waals surface area contributed by atoms with E-state index in [1.54, 1.807) is 23.1 Å². The van der Waals surface area contributed by atoms with Gasteiger partial charge < -0.3 is 5.32 Å². The Labute approximate surface area is 142 Å². The Morgan fingerprint density at radius 2 is 2.08 bits per heavy atom. The van der Waals surface area contributed by atoms with Crippen molar-refractivity contribution < 1.29 is 4.79 Å². The van der Waals surface area contributed by atoms with Crippen LogP contribution in [0.4, 0.5) is 5.82 Å². The molecule has 1 amide bonds. The third kappa shape index (κ3) is 3.69. The number of allylic oxidation sites excluding steroid dienone is 2. The molecule has 126 valence electrons. The molecular weight excluding hydrogens is 302 g/mol. The minimum atomic E-state index is -0.131. The van der Waals surface area contributed by atoms with Crippen molar-refractivity contribution in [1.29, 1.82) is 0 Å². The minimum Gasteiger partial charge on any atom is -0.310 e. The van der Waals surface area contributed by atoms with Gasteiger partial charge in [0.25, 0.3) is 5.95 Å². The van der Waals surface area contributed by atoms with Gasteiger partial charge in [0.1, 0.15) is 5.82 Å². The summed E-state index contributed by atoms with van der Waals surface area (Å²) in [6.45, 7) is 6.25. The highest BCUT2D eigenvalue weighted by Crippen LogP contribution is 2.26. The largest absolute Gasteiger partial charge is 0.310 e. The summed E-state index contributed by atoms with van der Waals surface area (Å²) in [6, 6.07) is 3.65. The Bertz CT molecular complexity index is 743. The summed E-state index contributed by atoms with van der Waals surface area (Å²) in [4.78, 5) is 20.9. The van der Waals surface area contributed by atoms with Crippen molar-refractivity contribution in [3.8, 4) is 5.95 Å². The first kappa shape index (κ1) is 16.4. The Kier molecular flexibility index (Phi) is 4.46. The van der Waals surface area contributed by atoms with Crippen LogP contribution in [-0.4, -0.2) is 25.7 Å². The monoisotopic (exact) mass is 325 g/mol. The molecule has 1 aliphatic rings. The second-order valence-electron chi connectivity index (χ2n) is 7.14. The fraction of sp³-hybridized carbons (Fsp3) is 0.444. The van der Waals surface area contributed by atoms with Crippen molar-refractivity contribution in [3.63, 3.8) is 0 Å². The summed E-state index contributed by atoms with van der Waals surface area (Å²) in [5, 5.41) is 7.58. The van der Waals surface area contributed by atoms with E-state index in [0.717, 1.165) is 18.5 Å². The molecule has 1 atom stereocenters. The number of amides is 1. The van der Waals surface area contributed by atoms with Crippen LogP contribution >= 0.6 is 0 Å². The number of hydrogen-bond donors (Lipinski definition) is 1. The van der Waals surface area contributed by atoms with Gasteiger partial charge in [-0.25, -0.2) is 9.97 Å². The topological polar surface area (TPSA) is 72.7 Å². The average molecular weight is 325 g/mol. The lowest BCUT2D eigenvalue weighted by Gasteiger charge is -2.13. The van der Waals surface area contributed by atoms with E-state index in [2.05, 4.69) is 53.3 Å². The summed E-state index contributed by atoms with van der Waals surface area (Å²) in [5.74, 6) is 1.38. The van der Waals surface area contributed by atoms with E-state index in [1.807, 2.05) is 6.07 Å². The zero-order chi connectivity index (χ0) is 17.2. The van der Waals surface area contributed by atoms with Gasteiger partial charge >= 0.3 is 0 Å². The van der Waals surface area contributed by atoms with Crippen molar-refractivity contribution >= 4 is 11.7 Å². The number of hydrogen-bond acceptors (Lipinski definition) is 4. The van der Waals surface area contributed by atoms with Crippen LogP contribution in [0.5, 0.6) is 0 Å². The van der Waals surface area contributed by atoms with Gasteiger partial charge in [0, 0.05) is 30.3 Å². The Hall–Kier alpha value is -2.50. The molecule has 0 fully saturated rings. The van der Waals surface area contributed by atoms with Crippen LogP contribution in [0, 0.1) is 5.92 Å². The average Bonchev–Trinajstić information content (AvgIpc) is 3.17. The molecule has 6 nitrogen and oxygen atoms in total. The van der Waals surface area contributed by atoms with Crippen molar-refractivity contribution in [3.05, 3.63) is 42.4 Å². The summed E-state index contributed by atoms with van der Waals surface area (Å²) < 4.78 is 1.60. The van der Waals surface area contributed by atoms with Crippen LogP contribution < -0.4 is 5.32 Å². The molecule has 0 aromatic carbocycles. The number of carbonyl (C=O) groups excluding carboxylic acids is 1. The smallest absolute Gasteiger partial charge is 0.252 e. The second-order valence-corrected chi connectivity index (χ2v) is 7.14. The van der Waals surface area contributed by atoms with Gasteiger partial charge in [0.15, 0.2) is 0 Å². The molecule has 0 unspecified atom stereocenters. The number of aromatic nitrogens is 4. The van der Waals surface area contributed by atoms with Gasteiger partial charge in [-0.1, -0.05) is 32.9 Å². The third-order valence-corrected chi connectivity index (χ3v) is 4.05. The molecule has 0 radical (unpaired) electrons. The highest BCUT2D eigenvalue weighted by molar-refractivity contribution is 5.90. The molecule has 2 aromatic heterocycles. The van der Waals surface area contributed by atoms with E-state index >= 15 is 0 Å². The van der Waals surface area contributed by atoms with E-state index in [0.29, 0.717) is 24.1 Å². The van der Waals surface area contributed by atoms with E-state index in [-0.39, 0.29) is 11.3 Å². The molecule has 1 N–H and O–H groups in total. The maximum atomic E-state index is 12.4. The molecule has 3 rings (SSSR count). The standard InChI is InChI=1S/C18H23N5O/c1-18(2,3)14-12-15(21-16(24)11-13-7-4-5-8-13)23(22-14)17-19-9-6-10-20-17/h4,6-7,9-10,12-13H,5,8,11H2,1-3H3,(H,21,24)/t13-/m1/s1. The number of nitrogens with zero attached hydrogens (tertiary/aromatic N) is 4. The molecule has 0 spiro atoms. The van der Waals surface area contributed by atoms with Crippen LogP contribution in [-0.2, 0) is 10.2 Å². The first-order valence-corrected chi connectivity index (χ1v) is 8.28. The maximum absolute atomic E-state index is 12.4. The fourth-order valence-corrected chi connectivity index (χ4v) is 2.69. The van der Waals surface area contributed by atoms with Gasteiger partial charge in [-0.15, -0.1) is 0 Å². The molecule has 0 bridgehead atoms. The van der Waals surface area contributed by atoms with Gasteiger partial charge in [0.05, 0.1) is 5.69 Å². The Morgan fingerprint density at radius 3 is 2.71 bits per heavy atom. The lowest BCUT2D eigenvalue weighted by molar-refractivity contribution is -0.116. The molecular formula is C18H23N5O. The zero-order valence-electron chi connectivity index (χ0n) is 14.4. The van der Waals surface area contributed by atoms with Crippen LogP contribution in [0.2, 0.25) is 0 Å². The first-order chi connectivity index (χ1) is 11.4. The normalized spacial score (nSPS) is 17.2. The molecule has 0 saturated heterocycles. The molecule has 0 aliphatic heterocycles. The number of rotatable bonds is 4. The molecule has 2 aromatic rings. The third-order valence-electron chi connectivity index (χ3n) is 4.05. The summed E-state index contributed by atoms with van der Waals surface area (Å²) in [7, 11) is 0. The predicted octanol–water partition coefficient (Wildman–Crippen LogP) is 3.25. The highest BCUT2D eigenvalue weighted by atomic mass is 16.1. The van der Waals surface area contributed by atoms with Crippen LogP contribution in [0.3, 0.4) is 0 Å². The highest BCUT2D eigenvalue weighted by Gasteiger charge is 2.23. The number of nitrogens with one attached hydrogen (secondary N) is 1. The van der Waals surface area contributed by atoms with Gasteiger partial charge in [0.2, 0.25) is 5.91 Å². The first-order valence-electron chi connectivity index (χ1n) is 8.28. The molecule has 6 heteroatoms. The lowest BCUT2D eigenvalue weighted by Crippen LogP contribution is -2.18. The minimum absolute atomic E-state index is 0.0101. The van der Waals surface area contributed by atoms with Crippen LogP contribution in [0.1, 0.15) is 45.7 Å². The van der Waals surface area contributed by atoms with Crippen molar-refractivity contribution in [1.82, 2.24) is 19.7 Å². The Morgan fingerprint density at radius 1 is 1.33 bits per heavy atom. The molecule has 24 heavy (non-hydrogen) atoms. The van der Waals surface area contributed by atoms with Gasteiger partial charge in [-0.2, -0.15) is 9.78 Å². The predicted molar refractivity (Wildman–Crippen MR) is 93.0 cm³/mol. The molecule has 0 saturated carbocycles. The summed E-state index contributed by atoms with van der Waals surface area (Å²) in [6.07, 6.45) is 10.2. The van der Waals surface area contributed by atoms with Crippen molar-refractivity contribution in [2.75, 3.05) is 5.32 Å². The number of anilines is 1. The summed E-state index contributed by atoms with van der Waals surface area (Å²) in [5.41, 5.74) is 0.749. The van der Waals surface area contributed by atoms with E-state index in [4.69, 9.17) is 0 Å². The van der Waals surface area contributed by atoms with E-state index in [1.165, 1.54) is 0 Å². The Balaban J connectivity index is 1.86. The van der Waals surface area contributed by atoms with Gasteiger partial charge in [-0.3, -0.25) is 4.79 Å².